The highest BCUT2D eigenvalue weighted by Crippen LogP contribution is 2.46. The highest BCUT2D eigenvalue weighted by Gasteiger charge is 2.33. The summed E-state index contributed by atoms with van der Waals surface area (Å²) >= 11 is 8.50. The second-order valence-electron chi connectivity index (χ2n) is 7.09. The van der Waals surface area contributed by atoms with Gasteiger partial charge in [-0.15, -0.1) is 0 Å². The molecule has 0 aliphatic carbocycles. The summed E-state index contributed by atoms with van der Waals surface area (Å²) < 4.78 is 0.559. The van der Waals surface area contributed by atoms with E-state index in [-0.39, 0.29) is 5.91 Å². The molecular formula is C25H18N2OS3. The van der Waals surface area contributed by atoms with E-state index in [0.29, 0.717) is 9.23 Å². The molecule has 3 aromatic rings. The first-order valence-corrected chi connectivity index (χ1v) is 11.8. The molecule has 5 rings (SSSR count). The van der Waals surface area contributed by atoms with Gasteiger partial charge < -0.3 is 4.90 Å². The quantitative estimate of drug-likeness (QED) is 0.322. The molecular weight excluding hydrogens is 440 g/mol. The van der Waals surface area contributed by atoms with Crippen molar-refractivity contribution in [2.24, 2.45) is 0 Å². The number of para-hydroxylation sites is 1. The fourth-order valence-electron chi connectivity index (χ4n) is 3.55. The largest absolute Gasteiger partial charge is 0.338 e. The summed E-state index contributed by atoms with van der Waals surface area (Å²) in [4.78, 5) is 18.5. The van der Waals surface area contributed by atoms with Crippen molar-refractivity contribution in [1.29, 1.82) is 0 Å². The Hall–Kier alpha value is -2.80. The van der Waals surface area contributed by atoms with Crippen LogP contribution in [0.4, 0.5) is 11.4 Å². The van der Waals surface area contributed by atoms with Gasteiger partial charge in [0.15, 0.2) is 4.32 Å². The lowest BCUT2D eigenvalue weighted by Gasteiger charge is -2.14. The van der Waals surface area contributed by atoms with Gasteiger partial charge in [-0.2, -0.15) is 0 Å². The molecule has 0 atom stereocenters. The monoisotopic (exact) mass is 458 g/mol. The van der Waals surface area contributed by atoms with Crippen LogP contribution in [0.2, 0.25) is 0 Å². The van der Waals surface area contributed by atoms with Gasteiger partial charge in [-0.3, -0.25) is 9.69 Å². The molecule has 0 saturated carbocycles. The van der Waals surface area contributed by atoms with E-state index in [0.717, 1.165) is 10.7 Å². The second kappa shape index (κ2) is 8.38. The third kappa shape index (κ3) is 3.83. The Morgan fingerprint density at radius 3 is 2.29 bits per heavy atom. The van der Waals surface area contributed by atoms with Crippen LogP contribution in [-0.4, -0.2) is 17.3 Å². The van der Waals surface area contributed by atoms with E-state index < -0.39 is 0 Å². The molecule has 0 N–H and O–H groups in total. The average molecular weight is 459 g/mol. The Balaban J connectivity index is 1.40. The fourth-order valence-corrected chi connectivity index (χ4v) is 5.82. The van der Waals surface area contributed by atoms with Gasteiger partial charge in [0, 0.05) is 11.9 Å². The zero-order valence-electron chi connectivity index (χ0n) is 16.7. The van der Waals surface area contributed by atoms with Crippen molar-refractivity contribution in [3.63, 3.8) is 0 Å². The van der Waals surface area contributed by atoms with Crippen molar-refractivity contribution in [2.75, 3.05) is 16.8 Å². The van der Waals surface area contributed by atoms with Crippen LogP contribution >= 0.6 is 35.7 Å². The minimum atomic E-state index is -0.0763. The molecule has 0 radical (unpaired) electrons. The van der Waals surface area contributed by atoms with Crippen molar-refractivity contribution in [3.8, 4) is 11.1 Å². The van der Waals surface area contributed by atoms with Gasteiger partial charge in [0.1, 0.15) is 0 Å². The SMILES string of the molecule is CN1C(=CC=C2SC(=S)N(c3ccccc3)C2=O)Sc2ccc(-c3ccccc3)cc21. The molecule has 152 valence electrons. The summed E-state index contributed by atoms with van der Waals surface area (Å²) in [5.74, 6) is -0.0763. The molecule has 2 aliphatic heterocycles. The third-order valence-corrected chi connectivity index (χ3v) is 7.66. The number of thiocarbonyl (C=S) groups is 1. The number of carbonyl (C=O) groups is 1. The number of nitrogens with zero attached hydrogens (tertiary/aromatic N) is 2. The van der Waals surface area contributed by atoms with Crippen molar-refractivity contribution < 1.29 is 4.79 Å². The highest BCUT2D eigenvalue weighted by atomic mass is 32.2. The molecule has 0 bridgehead atoms. The lowest BCUT2D eigenvalue weighted by atomic mass is 10.1. The average Bonchev–Trinajstić information content (AvgIpc) is 3.28. The van der Waals surface area contributed by atoms with E-state index in [9.17, 15) is 4.79 Å². The number of allylic oxidation sites excluding steroid dienone is 2. The van der Waals surface area contributed by atoms with Crippen LogP contribution < -0.4 is 9.80 Å². The number of hydrogen-bond donors (Lipinski definition) is 0. The molecule has 31 heavy (non-hydrogen) atoms. The minimum absolute atomic E-state index is 0.0763. The van der Waals surface area contributed by atoms with E-state index in [1.54, 1.807) is 16.7 Å². The highest BCUT2D eigenvalue weighted by molar-refractivity contribution is 8.27. The summed E-state index contributed by atoms with van der Waals surface area (Å²) in [6.45, 7) is 0. The zero-order chi connectivity index (χ0) is 21.4. The van der Waals surface area contributed by atoms with Crippen LogP contribution in [0.5, 0.6) is 0 Å². The standard InChI is InChI=1S/C25H18N2OS3/c1-26-20-16-18(17-8-4-2-5-9-17)12-13-21(20)30-23(26)15-14-22-24(28)27(25(29)31-22)19-10-6-3-7-11-19/h2-16H,1H3. The van der Waals surface area contributed by atoms with Crippen LogP contribution in [0.25, 0.3) is 11.1 Å². The topological polar surface area (TPSA) is 23.6 Å². The van der Waals surface area contributed by atoms with Crippen LogP contribution in [-0.2, 0) is 4.79 Å². The van der Waals surface area contributed by atoms with Gasteiger partial charge in [-0.25, -0.2) is 0 Å². The normalized spacial score (nSPS) is 18.4. The maximum absolute atomic E-state index is 12.9. The van der Waals surface area contributed by atoms with E-state index in [4.69, 9.17) is 12.2 Å². The Kier molecular flexibility index (Phi) is 5.44. The van der Waals surface area contributed by atoms with E-state index in [1.165, 1.54) is 33.5 Å². The smallest absolute Gasteiger partial charge is 0.270 e. The van der Waals surface area contributed by atoms with Crippen LogP contribution in [0.3, 0.4) is 0 Å². The summed E-state index contributed by atoms with van der Waals surface area (Å²) in [5.41, 5.74) is 4.36. The molecule has 0 spiro atoms. The molecule has 6 heteroatoms. The number of amides is 1. The van der Waals surface area contributed by atoms with Crippen molar-refractivity contribution in [1.82, 2.24) is 0 Å². The van der Waals surface area contributed by atoms with Crippen LogP contribution in [0.1, 0.15) is 0 Å². The number of carbonyl (C=O) groups excluding carboxylic acids is 1. The van der Waals surface area contributed by atoms with Crippen molar-refractivity contribution in [3.05, 3.63) is 101 Å². The predicted octanol–water partition coefficient (Wildman–Crippen LogP) is 6.69. The van der Waals surface area contributed by atoms with Crippen molar-refractivity contribution in [2.45, 2.75) is 4.90 Å². The number of benzene rings is 3. The first kappa shape index (κ1) is 20.1. The van der Waals surface area contributed by atoms with Crippen molar-refractivity contribution >= 4 is 57.3 Å². The van der Waals surface area contributed by atoms with E-state index in [1.807, 2.05) is 48.6 Å². The number of anilines is 2. The molecule has 2 aliphatic rings. The number of fused-ring (bicyclic) bond motifs is 1. The van der Waals surface area contributed by atoms with E-state index in [2.05, 4.69) is 54.4 Å². The molecule has 3 aromatic carbocycles. The molecule has 1 amide bonds. The van der Waals surface area contributed by atoms with Gasteiger partial charge in [-0.05, 0) is 47.5 Å². The van der Waals surface area contributed by atoms with Crippen LogP contribution in [0, 0.1) is 0 Å². The molecule has 0 unspecified atom stereocenters. The van der Waals surface area contributed by atoms with Gasteiger partial charge in [-0.1, -0.05) is 90.3 Å². The Morgan fingerprint density at radius 2 is 1.55 bits per heavy atom. The number of thioether (sulfide) groups is 2. The Labute approximate surface area is 195 Å². The molecule has 1 fully saturated rings. The molecule has 0 aromatic heterocycles. The summed E-state index contributed by atoms with van der Waals surface area (Å²) in [6.07, 6.45) is 3.88. The van der Waals surface area contributed by atoms with Gasteiger partial charge >= 0.3 is 0 Å². The summed E-state index contributed by atoms with van der Waals surface area (Å²) in [6, 6.07) is 26.4. The number of rotatable bonds is 3. The molecule has 1 saturated heterocycles. The maximum Gasteiger partial charge on any atom is 0.270 e. The minimum Gasteiger partial charge on any atom is -0.338 e. The maximum atomic E-state index is 12.9. The summed E-state index contributed by atoms with van der Waals surface area (Å²) in [7, 11) is 2.06. The Morgan fingerprint density at radius 1 is 0.839 bits per heavy atom. The summed E-state index contributed by atoms with van der Waals surface area (Å²) in [5, 5.41) is 1.07. The lowest BCUT2D eigenvalue weighted by Crippen LogP contribution is -2.27. The zero-order valence-corrected chi connectivity index (χ0v) is 19.1. The lowest BCUT2D eigenvalue weighted by molar-refractivity contribution is -0.113. The fraction of sp³-hybridized carbons (Fsp3) is 0.0400. The first-order chi connectivity index (χ1) is 15.1. The van der Waals surface area contributed by atoms with E-state index >= 15 is 0 Å². The Bertz CT molecular complexity index is 1240. The first-order valence-electron chi connectivity index (χ1n) is 9.76. The predicted molar refractivity (Wildman–Crippen MR) is 136 cm³/mol. The third-order valence-electron chi connectivity index (χ3n) is 5.16. The van der Waals surface area contributed by atoms with Gasteiger partial charge in [0.05, 0.1) is 21.3 Å². The van der Waals surface area contributed by atoms with Gasteiger partial charge in [0.25, 0.3) is 5.91 Å². The van der Waals surface area contributed by atoms with Crippen LogP contribution in [0.15, 0.2) is 106 Å². The van der Waals surface area contributed by atoms with Gasteiger partial charge in [0.2, 0.25) is 0 Å². The molecule has 3 nitrogen and oxygen atoms in total. The molecule has 2 heterocycles. The number of hydrogen-bond acceptors (Lipinski definition) is 5. The second-order valence-corrected chi connectivity index (χ2v) is 9.83.